The van der Waals surface area contributed by atoms with Gasteiger partial charge in [0.05, 0.1) is 0 Å². The first kappa shape index (κ1) is 14.0. The lowest BCUT2D eigenvalue weighted by Crippen LogP contribution is -2.14. The monoisotopic (exact) mass is 288 g/mol. The lowest BCUT2D eigenvalue weighted by Gasteiger charge is -2.02. The van der Waals surface area contributed by atoms with E-state index in [2.05, 4.69) is 10.1 Å². The highest BCUT2D eigenvalue weighted by Crippen LogP contribution is 2.26. The highest BCUT2D eigenvalue weighted by molar-refractivity contribution is 6.03. The first-order valence-corrected chi connectivity index (χ1v) is 5.34. The van der Waals surface area contributed by atoms with Crippen molar-refractivity contribution in [1.82, 2.24) is 15.2 Å². The zero-order valence-electron chi connectivity index (χ0n) is 10.0. The number of nitrogens with zero attached hydrogens (tertiary/aromatic N) is 2. The van der Waals surface area contributed by atoms with Crippen LogP contribution < -0.4 is 5.32 Å². The second kappa shape index (κ2) is 4.91. The predicted molar refractivity (Wildman–Crippen MR) is 60.5 cm³/mol. The topological polar surface area (TPSA) is 70.7 Å². The lowest BCUT2D eigenvalue weighted by molar-refractivity contribution is -0.144. The number of alkyl halides is 3. The summed E-state index contributed by atoms with van der Waals surface area (Å²) in [6.07, 6.45) is -4.69. The van der Waals surface area contributed by atoms with Gasteiger partial charge in [-0.05, 0) is 24.6 Å². The van der Waals surface area contributed by atoms with Crippen LogP contribution in [-0.2, 0) is 6.18 Å². The molecule has 0 unspecified atom stereocenters. The van der Waals surface area contributed by atoms with Gasteiger partial charge in [-0.15, -0.1) is 5.10 Å². The average molecular weight is 288 g/mol. The summed E-state index contributed by atoms with van der Waals surface area (Å²) in [4.78, 5) is 14.8. The normalized spacial score (nSPS) is 11.4. The number of H-pyrrole nitrogens is 1. The Balaban J connectivity index is 2.15. The van der Waals surface area contributed by atoms with Gasteiger partial charge in [-0.3, -0.25) is 15.2 Å². The number of aryl methyl sites for hydroxylation is 1. The second-order valence-corrected chi connectivity index (χ2v) is 3.92. The van der Waals surface area contributed by atoms with Crippen LogP contribution in [0, 0.1) is 12.7 Å². The molecule has 0 spiro atoms. The molecule has 0 radical (unpaired) electrons. The number of aromatic nitrogens is 3. The number of hydrogen-bond donors (Lipinski definition) is 2. The molecule has 2 N–H and O–H groups in total. The molecule has 0 aliphatic rings. The quantitative estimate of drug-likeness (QED) is 0.834. The molecule has 0 aliphatic carbocycles. The van der Waals surface area contributed by atoms with E-state index in [-0.39, 0.29) is 5.56 Å². The molecule has 1 aromatic carbocycles. The van der Waals surface area contributed by atoms with E-state index in [0.29, 0.717) is 5.56 Å². The minimum atomic E-state index is -4.69. The Morgan fingerprint density at radius 2 is 2.05 bits per heavy atom. The first-order valence-electron chi connectivity index (χ1n) is 5.34. The SMILES string of the molecule is Cc1ccc(C(=O)Nc2n[nH]c(C(F)(F)F)n2)cc1F. The van der Waals surface area contributed by atoms with Gasteiger partial charge in [0.2, 0.25) is 11.8 Å². The number of anilines is 1. The highest BCUT2D eigenvalue weighted by Gasteiger charge is 2.35. The number of nitrogens with one attached hydrogen (secondary N) is 2. The number of carbonyl (C=O) groups excluding carboxylic acids is 1. The van der Waals surface area contributed by atoms with Crippen LogP contribution in [0.25, 0.3) is 0 Å². The largest absolute Gasteiger partial charge is 0.451 e. The van der Waals surface area contributed by atoms with Crippen molar-refractivity contribution in [3.05, 3.63) is 41.0 Å². The van der Waals surface area contributed by atoms with Crippen LogP contribution in [0.4, 0.5) is 23.5 Å². The molecule has 1 aromatic heterocycles. The maximum atomic E-state index is 13.3. The zero-order valence-corrected chi connectivity index (χ0v) is 10.0. The molecular weight excluding hydrogens is 280 g/mol. The summed E-state index contributed by atoms with van der Waals surface area (Å²) in [6, 6.07) is 3.69. The minimum Gasteiger partial charge on any atom is -0.289 e. The zero-order chi connectivity index (χ0) is 14.9. The molecule has 9 heteroatoms. The molecular formula is C11H8F4N4O. The second-order valence-electron chi connectivity index (χ2n) is 3.92. The molecule has 0 atom stereocenters. The van der Waals surface area contributed by atoms with Crippen molar-refractivity contribution in [2.75, 3.05) is 5.32 Å². The standard InChI is InChI=1S/C11H8F4N4O/c1-5-2-3-6(4-7(5)12)8(20)16-10-17-9(18-19-10)11(13,14)15/h2-4H,1H3,(H2,16,17,18,19,20). The van der Waals surface area contributed by atoms with E-state index in [4.69, 9.17) is 0 Å². The van der Waals surface area contributed by atoms with Gasteiger partial charge in [-0.1, -0.05) is 6.07 Å². The fourth-order valence-electron chi connectivity index (χ4n) is 1.35. The Labute approximate surface area is 110 Å². The van der Waals surface area contributed by atoms with Gasteiger partial charge in [-0.25, -0.2) is 4.39 Å². The van der Waals surface area contributed by atoms with Crippen LogP contribution in [0.2, 0.25) is 0 Å². The molecule has 0 bridgehead atoms. The van der Waals surface area contributed by atoms with E-state index in [1.807, 2.05) is 5.32 Å². The van der Waals surface area contributed by atoms with Crippen LogP contribution >= 0.6 is 0 Å². The lowest BCUT2D eigenvalue weighted by atomic mass is 10.1. The maximum absolute atomic E-state index is 13.3. The Bertz CT molecular complexity index is 650. The minimum absolute atomic E-state index is 0.0496. The van der Waals surface area contributed by atoms with E-state index in [0.717, 1.165) is 6.07 Å². The van der Waals surface area contributed by atoms with Gasteiger partial charge in [0.15, 0.2) is 0 Å². The van der Waals surface area contributed by atoms with Gasteiger partial charge in [0.1, 0.15) is 5.82 Å². The molecule has 0 saturated carbocycles. The molecule has 106 valence electrons. The molecule has 0 fully saturated rings. The molecule has 0 aliphatic heterocycles. The number of aromatic amines is 1. The van der Waals surface area contributed by atoms with Crippen LogP contribution in [0.15, 0.2) is 18.2 Å². The Kier molecular flexibility index (Phi) is 3.43. The average Bonchev–Trinajstić information content (AvgIpc) is 2.81. The molecule has 0 saturated heterocycles. The van der Waals surface area contributed by atoms with Crippen molar-refractivity contribution >= 4 is 11.9 Å². The molecule has 5 nitrogen and oxygen atoms in total. The van der Waals surface area contributed by atoms with E-state index < -0.39 is 29.7 Å². The molecule has 1 amide bonds. The maximum Gasteiger partial charge on any atom is 0.451 e. The van der Waals surface area contributed by atoms with E-state index >= 15 is 0 Å². The summed E-state index contributed by atoms with van der Waals surface area (Å²) >= 11 is 0. The van der Waals surface area contributed by atoms with Crippen LogP contribution in [0.1, 0.15) is 21.7 Å². The van der Waals surface area contributed by atoms with Crippen molar-refractivity contribution in [2.24, 2.45) is 0 Å². The summed E-state index contributed by atoms with van der Waals surface area (Å²) in [5, 5.41) is 6.89. The number of halogens is 4. The van der Waals surface area contributed by atoms with Crippen molar-refractivity contribution < 1.29 is 22.4 Å². The third-order valence-electron chi connectivity index (χ3n) is 2.41. The fraction of sp³-hybridized carbons (Fsp3) is 0.182. The molecule has 20 heavy (non-hydrogen) atoms. The van der Waals surface area contributed by atoms with Gasteiger partial charge in [0, 0.05) is 5.56 Å². The van der Waals surface area contributed by atoms with Gasteiger partial charge < -0.3 is 0 Å². The number of hydrogen-bond acceptors (Lipinski definition) is 3. The molecule has 2 aromatic rings. The number of carbonyl (C=O) groups is 1. The smallest absolute Gasteiger partial charge is 0.289 e. The van der Waals surface area contributed by atoms with Gasteiger partial charge in [0.25, 0.3) is 5.91 Å². The summed E-state index contributed by atoms with van der Waals surface area (Å²) in [5.74, 6) is -3.27. The van der Waals surface area contributed by atoms with Gasteiger partial charge >= 0.3 is 6.18 Å². The van der Waals surface area contributed by atoms with Crippen LogP contribution in [0.3, 0.4) is 0 Å². The summed E-state index contributed by atoms with van der Waals surface area (Å²) < 4.78 is 50.1. The van der Waals surface area contributed by atoms with Crippen molar-refractivity contribution in [1.29, 1.82) is 0 Å². The van der Waals surface area contributed by atoms with Crippen LogP contribution in [0.5, 0.6) is 0 Å². The predicted octanol–water partition coefficient (Wildman–Crippen LogP) is 2.52. The third kappa shape index (κ3) is 2.92. The third-order valence-corrected chi connectivity index (χ3v) is 2.41. The fourth-order valence-corrected chi connectivity index (χ4v) is 1.35. The van der Waals surface area contributed by atoms with E-state index in [9.17, 15) is 22.4 Å². The van der Waals surface area contributed by atoms with E-state index in [1.165, 1.54) is 19.1 Å². The molecule has 2 rings (SSSR count). The summed E-state index contributed by atoms with van der Waals surface area (Å²) in [5.41, 5.74) is 0.297. The number of rotatable bonds is 2. The van der Waals surface area contributed by atoms with Crippen molar-refractivity contribution in [2.45, 2.75) is 13.1 Å². The number of amides is 1. The van der Waals surface area contributed by atoms with Crippen LogP contribution in [-0.4, -0.2) is 21.1 Å². The Morgan fingerprint density at radius 3 is 2.60 bits per heavy atom. The summed E-state index contributed by atoms with van der Waals surface area (Å²) in [7, 11) is 0. The summed E-state index contributed by atoms with van der Waals surface area (Å²) in [6.45, 7) is 1.52. The van der Waals surface area contributed by atoms with Gasteiger partial charge in [-0.2, -0.15) is 18.2 Å². The van der Waals surface area contributed by atoms with Crippen molar-refractivity contribution in [3.63, 3.8) is 0 Å². The molecule has 1 heterocycles. The van der Waals surface area contributed by atoms with E-state index in [1.54, 1.807) is 5.10 Å². The first-order chi connectivity index (χ1) is 9.27. The number of benzene rings is 1. The highest BCUT2D eigenvalue weighted by atomic mass is 19.4. The Hall–Kier alpha value is -2.45. The Morgan fingerprint density at radius 1 is 1.35 bits per heavy atom. The van der Waals surface area contributed by atoms with Crippen molar-refractivity contribution in [3.8, 4) is 0 Å².